The molecule has 1 fully saturated rings. The molecule has 2 unspecified atom stereocenters. The summed E-state index contributed by atoms with van der Waals surface area (Å²) in [5.41, 5.74) is 7.28. The topological polar surface area (TPSA) is 212 Å². The summed E-state index contributed by atoms with van der Waals surface area (Å²) < 4.78 is 18.5. The quantitative estimate of drug-likeness (QED) is 0.0867. The third-order valence-electron chi connectivity index (χ3n) is 8.18. The number of anilines is 1. The number of rotatable bonds is 11. The number of ether oxygens (including phenoxy) is 3. The zero-order valence-electron chi connectivity index (χ0n) is 26.0. The molecule has 3 heterocycles. The van der Waals surface area contributed by atoms with Crippen LogP contribution in [0.25, 0.3) is 11.2 Å². The summed E-state index contributed by atoms with van der Waals surface area (Å²) in [6, 6.07) is 20.5. The van der Waals surface area contributed by atoms with Gasteiger partial charge in [0.15, 0.2) is 23.4 Å². The number of fused-ring (bicyclic) bond motifs is 1. The molecule has 1 aliphatic rings. The molecule has 250 valence electrons. The van der Waals surface area contributed by atoms with Gasteiger partial charge < -0.3 is 25.1 Å². The lowest BCUT2D eigenvalue weighted by Gasteiger charge is -2.25. The van der Waals surface area contributed by atoms with Gasteiger partial charge in [-0.25, -0.2) is 19.7 Å². The summed E-state index contributed by atoms with van der Waals surface area (Å²) >= 11 is 0. The van der Waals surface area contributed by atoms with E-state index in [1.165, 1.54) is 47.6 Å². The molecule has 0 saturated carbocycles. The van der Waals surface area contributed by atoms with Gasteiger partial charge in [0.25, 0.3) is 5.69 Å². The van der Waals surface area contributed by atoms with Crippen molar-refractivity contribution >= 4 is 40.4 Å². The molecule has 15 heteroatoms. The minimum atomic E-state index is -1.64. The standard InChI is InChI=1S/C34H30N6O9/c1-19(23-14-22(12-13-24(23)40(45)46)28(42)20-8-4-2-5-9-20)16-47-34(44)49-31(29(43)21-10-6-3-7-11-21)30-25(41)15-26(48-30)39-18-38-27-32(35)36-17-37-33(27)39/h2-14,17-19,25-26,30-31,41H,15-16H2,1H3,(H2,35,36,37)/t19?,25-,26+,30-,31?/m0/s1. The van der Waals surface area contributed by atoms with E-state index in [1.54, 1.807) is 55.5 Å². The molecular formula is C34H30N6O9. The van der Waals surface area contributed by atoms with Crippen LogP contribution in [0.1, 0.15) is 57.3 Å². The first-order valence-corrected chi connectivity index (χ1v) is 15.2. The highest BCUT2D eigenvalue weighted by Gasteiger charge is 2.46. The van der Waals surface area contributed by atoms with Crippen LogP contribution in [0.2, 0.25) is 0 Å². The number of aliphatic hydroxyl groups is 1. The Balaban J connectivity index is 1.20. The van der Waals surface area contributed by atoms with Gasteiger partial charge in [-0.3, -0.25) is 24.3 Å². The fourth-order valence-electron chi connectivity index (χ4n) is 5.67. The van der Waals surface area contributed by atoms with Crippen molar-refractivity contribution in [2.75, 3.05) is 12.3 Å². The Morgan fingerprint density at radius 3 is 2.41 bits per heavy atom. The van der Waals surface area contributed by atoms with Crippen molar-refractivity contribution in [2.45, 2.75) is 43.8 Å². The van der Waals surface area contributed by atoms with Crippen LogP contribution in [-0.2, 0) is 14.2 Å². The first kappa shape index (κ1) is 32.9. The molecule has 0 radical (unpaired) electrons. The molecule has 0 bridgehead atoms. The summed E-state index contributed by atoms with van der Waals surface area (Å²) in [4.78, 5) is 63.4. The highest BCUT2D eigenvalue weighted by molar-refractivity contribution is 6.09. The second-order valence-electron chi connectivity index (χ2n) is 11.4. The zero-order valence-corrected chi connectivity index (χ0v) is 26.0. The Kier molecular flexibility index (Phi) is 9.37. The number of imidazole rings is 1. The van der Waals surface area contributed by atoms with Crippen molar-refractivity contribution in [3.8, 4) is 0 Å². The molecule has 1 saturated heterocycles. The van der Waals surface area contributed by atoms with Crippen molar-refractivity contribution in [1.82, 2.24) is 19.5 Å². The van der Waals surface area contributed by atoms with Crippen LogP contribution in [0.5, 0.6) is 0 Å². The van der Waals surface area contributed by atoms with Crippen LogP contribution >= 0.6 is 0 Å². The zero-order chi connectivity index (χ0) is 34.7. The molecule has 5 atom stereocenters. The van der Waals surface area contributed by atoms with Gasteiger partial charge in [-0.05, 0) is 12.1 Å². The third-order valence-corrected chi connectivity index (χ3v) is 8.18. The fraction of sp³-hybridized carbons (Fsp3) is 0.235. The number of ketones is 2. The number of Topliss-reactive ketones (excluding diaryl/α,β-unsaturated/α-hetero) is 1. The smallest absolute Gasteiger partial charge is 0.434 e. The number of hydrogen-bond acceptors (Lipinski definition) is 13. The summed E-state index contributed by atoms with van der Waals surface area (Å²) in [6.45, 7) is 1.19. The van der Waals surface area contributed by atoms with Gasteiger partial charge in [0.05, 0.1) is 17.4 Å². The van der Waals surface area contributed by atoms with Gasteiger partial charge in [0.2, 0.25) is 5.78 Å². The Hall–Kier alpha value is -6.06. The summed E-state index contributed by atoms with van der Waals surface area (Å²) in [5.74, 6) is -1.60. The van der Waals surface area contributed by atoms with Crippen LogP contribution in [0.15, 0.2) is 91.5 Å². The van der Waals surface area contributed by atoms with Crippen molar-refractivity contribution in [1.29, 1.82) is 0 Å². The Bertz CT molecular complexity index is 2020. The molecule has 0 spiro atoms. The molecule has 6 rings (SSSR count). The average molecular weight is 667 g/mol. The van der Waals surface area contributed by atoms with Gasteiger partial charge in [-0.2, -0.15) is 0 Å². The predicted molar refractivity (Wildman–Crippen MR) is 173 cm³/mol. The van der Waals surface area contributed by atoms with E-state index in [9.17, 15) is 29.6 Å². The normalized spacial score (nSPS) is 18.4. The maximum absolute atomic E-state index is 13.7. The predicted octanol–water partition coefficient (Wildman–Crippen LogP) is 4.40. The lowest BCUT2D eigenvalue weighted by atomic mass is 9.94. The van der Waals surface area contributed by atoms with Gasteiger partial charge >= 0.3 is 6.16 Å². The first-order valence-electron chi connectivity index (χ1n) is 15.2. The van der Waals surface area contributed by atoms with E-state index in [0.717, 1.165) is 0 Å². The molecule has 1 aliphatic heterocycles. The maximum atomic E-state index is 13.7. The second kappa shape index (κ2) is 14.0. The van der Waals surface area contributed by atoms with E-state index in [-0.39, 0.29) is 40.4 Å². The molecule has 49 heavy (non-hydrogen) atoms. The molecule has 2 aromatic heterocycles. The van der Waals surface area contributed by atoms with Crippen molar-refractivity contribution in [3.05, 3.63) is 124 Å². The molecule has 0 amide bonds. The Morgan fingerprint density at radius 1 is 1.02 bits per heavy atom. The van der Waals surface area contributed by atoms with Gasteiger partial charge in [0.1, 0.15) is 30.8 Å². The highest BCUT2D eigenvalue weighted by atomic mass is 16.7. The number of nitro groups is 1. The minimum Gasteiger partial charge on any atom is -0.434 e. The van der Waals surface area contributed by atoms with Crippen molar-refractivity contribution < 1.29 is 38.6 Å². The molecule has 15 nitrogen and oxygen atoms in total. The van der Waals surface area contributed by atoms with E-state index in [2.05, 4.69) is 15.0 Å². The van der Waals surface area contributed by atoms with E-state index >= 15 is 0 Å². The monoisotopic (exact) mass is 666 g/mol. The highest BCUT2D eigenvalue weighted by Crippen LogP contribution is 2.35. The van der Waals surface area contributed by atoms with E-state index in [1.807, 2.05) is 0 Å². The van der Waals surface area contributed by atoms with Crippen molar-refractivity contribution in [3.63, 3.8) is 0 Å². The molecule has 5 aromatic rings. The lowest BCUT2D eigenvalue weighted by Crippen LogP contribution is -2.43. The number of aliphatic hydroxyl groups excluding tert-OH is 1. The Morgan fingerprint density at radius 2 is 1.71 bits per heavy atom. The van der Waals surface area contributed by atoms with E-state index in [0.29, 0.717) is 16.7 Å². The number of benzene rings is 3. The first-order chi connectivity index (χ1) is 23.6. The number of hydrogen-bond donors (Lipinski definition) is 2. The van der Waals surface area contributed by atoms with Crippen LogP contribution in [0.3, 0.4) is 0 Å². The van der Waals surface area contributed by atoms with Crippen LogP contribution < -0.4 is 5.73 Å². The summed E-state index contributed by atoms with van der Waals surface area (Å²) in [7, 11) is 0. The van der Waals surface area contributed by atoms with E-state index < -0.39 is 53.9 Å². The van der Waals surface area contributed by atoms with Gasteiger partial charge in [-0.1, -0.05) is 67.6 Å². The van der Waals surface area contributed by atoms with E-state index in [4.69, 9.17) is 19.9 Å². The number of nitrogen functional groups attached to an aromatic ring is 1. The number of carbonyl (C=O) groups is 3. The largest absolute Gasteiger partial charge is 0.509 e. The van der Waals surface area contributed by atoms with Crippen molar-refractivity contribution in [2.24, 2.45) is 0 Å². The second-order valence-corrected chi connectivity index (χ2v) is 11.4. The Labute approximate surface area is 278 Å². The third kappa shape index (κ3) is 6.83. The fourth-order valence-corrected chi connectivity index (χ4v) is 5.67. The number of nitrogens with zero attached hydrogens (tertiary/aromatic N) is 5. The molecule has 3 aromatic carbocycles. The van der Waals surface area contributed by atoms with Gasteiger partial charge in [0, 0.05) is 40.7 Å². The number of aromatic nitrogens is 4. The summed E-state index contributed by atoms with van der Waals surface area (Å²) in [6.07, 6.45) is -3.67. The number of nitrogens with two attached hydrogens (primary N) is 1. The summed E-state index contributed by atoms with van der Waals surface area (Å²) in [5, 5.41) is 22.9. The van der Waals surface area contributed by atoms with Crippen LogP contribution in [0.4, 0.5) is 16.3 Å². The maximum Gasteiger partial charge on any atom is 0.509 e. The molecular weight excluding hydrogens is 636 g/mol. The van der Waals surface area contributed by atoms with Crippen LogP contribution in [-0.4, -0.2) is 72.2 Å². The van der Waals surface area contributed by atoms with Gasteiger partial charge in [-0.15, -0.1) is 0 Å². The molecule has 3 N–H and O–H groups in total. The number of carbonyl (C=O) groups excluding carboxylic acids is 3. The van der Waals surface area contributed by atoms with Crippen LogP contribution in [0, 0.1) is 10.1 Å². The minimum absolute atomic E-state index is 0.00421. The molecule has 0 aliphatic carbocycles. The lowest BCUT2D eigenvalue weighted by molar-refractivity contribution is -0.385. The average Bonchev–Trinajstić information content (AvgIpc) is 3.73. The number of nitro benzene ring substituents is 1. The SMILES string of the molecule is CC(COC(=O)OC(C(=O)c1ccccc1)[C@H]1O[C@@H](n2cnc3c(N)ncnc32)C[C@@H]1O)c1cc(C(=O)c2ccccc2)ccc1[N+](=O)[O-].